The molecule has 2 aromatic carbocycles. The third-order valence-corrected chi connectivity index (χ3v) is 6.23. The van der Waals surface area contributed by atoms with Crippen LogP contribution in [0.25, 0.3) is 11.7 Å². The second kappa shape index (κ2) is 7.61. The molecule has 0 spiro atoms. The number of anilines is 1. The zero-order chi connectivity index (χ0) is 21.4. The number of hydrogen-bond donors (Lipinski definition) is 0. The molecule has 1 aliphatic rings. The van der Waals surface area contributed by atoms with Crippen molar-refractivity contribution in [3.8, 4) is 11.7 Å². The molecule has 0 aliphatic carbocycles. The van der Waals surface area contributed by atoms with Crippen molar-refractivity contribution in [3.05, 3.63) is 89.0 Å². The van der Waals surface area contributed by atoms with E-state index in [1.165, 1.54) is 34.3 Å². The lowest BCUT2D eigenvalue weighted by molar-refractivity contribution is 0.427. The number of benzene rings is 2. The Bertz CT molecular complexity index is 1180. The summed E-state index contributed by atoms with van der Waals surface area (Å²) in [5.74, 6) is 0.830. The van der Waals surface area contributed by atoms with Gasteiger partial charge in [-0.2, -0.15) is 4.98 Å². The Morgan fingerprint density at radius 3 is 2.32 bits per heavy atom. The highest BCUT2D eigenvalue weighted by atomic mass is 16.5. The zero-order valence-corrected chi connectivity index (χ0v) is 18.0. The predicted molar refractivity (Wildman–Crippen MR) is 120 cm³/mol. The largest absolute Gasteiger partial charge is 0.365 e. The monoisotopic (exact) mass is 411 g/mol. The molecule has 1 aliphatic heterocycles. The van der Waals surface area contributed by atoms with Crippen molar-refractivity contribution in [2.75, 3.05) is 11.4 Å². The van der Waals surface area contributed by atoms with Crippen molar-refractivity contribution in [2.24, 2.45) is 0 Å². The molecule has 6 nitrogen and oxygen atoms in total. The second-order valence-electron chi connectivity index (χ2n) is 8.62. The summed E-state index contributed by atoms with van der Waals surface area (Å²) in [6, 6.07) is 17.7. The third kappa shape index (κ3) is 3.69. The first kappa shape index (κ1) is 19.4. The average molecular weight is 412 g/mol. The molecule has 0 fully saturated rings. The van der Waals surface area contributed by atoms with E-state index >= 15 is 0 Å². The number of nitrogens with zero attached hydrogens (tertiary/aromatic N) is 5. The number of hydrogen-bond acceptors (Lipinski definition) is 6. The molecular formula is C25H25N5O. The Kier molecular flexibility index (Phi) is 4.77. The van der Waals surface area contributed by atoms with Crippen molar-refractivity contribution in [2.45, 2.75) is 39.2 Å². The molecule has 2 aromatic heterocycles. The quantitative estimate of drug-likeness (QED) is 0.484. The molecule has 31 heavy (non-hydrogen) atoms. The fraction of sp³-hybridized carbons (Fsp3) is 0.280. The summed E-state index contributed by atoms with van der Waals surface area (Å²) in [4.78, 5) is 15.5. The molecule has 0 N–H and O–H groups in total. The van der Waals surface area contributed by atoms with Crippen LogP contribution in [0.1, 0.15) is 41.8 Å². The maximum Gasteiger partial charge on any atom is 0.295 e. The van der Waals surface area contributed by atoms with Crippen LogP contribution in [0.4, 0.5) is 5.69 Å². The maximum absolute atomic E-state index is 5.11. The summed E-state index contributed by atoms with van der Waals surface area (Å²) >= 11 is 0. The van der Waals surface area contributed by atoms with E-state index in [0.29, 0.717) is 11.7 Å². The van der Waals surface area contributed by atoms with Gasteiger partial charge in [0.2, 0.25) is 5.82 Å². The van der Waals surface area contributed by atoms with Crippen molar-refractivity contribution < 1.29 is 4.52 Å². The Morgan fingerprint density at radius 1 is 0.935 bits per heavy atom. The Hall–Kier alpha value is -3.54. The van der Waals surface area contributed by atoms with Gasteiger partial charge in [0.1, 0.15) is 0 Å². The molecule has 0 atom stereocenters. The summed E-state index contributed by atoms with van der Waals surface area (Å²) in [5, 5.41) is 3.65. The van der Waals surface area contributed by atoms with Gasteiger partial charge >= 0.3 is 0 Å². The molecule has 0 saturated heterocycles. The van der Waals surface area contributed by atoms with Gasteiger partial charge < -0.3 is 9.42 Å². The fourth-order valence-corrected chi connectivity index (χ4v) is 4.12. The van der Waals surface area contributed by atoms with Crippen LogP contribution in [-0.4, -0.2) is 26.7 Å². The predicted octanol–water partition coefficient (Wildman–Crippen LogP) is 4.72. The summed E-state index contributed by atoms with van der Waals surface area (Å²) in [7, 11) is 0. The molecular weight excluding hydrogens is 386 g/mol. The number of fused-ring (bicyclic) bond motifs is 1. The van der Waals surface area contributed by atoms with Gasteiger partial charge in [-0.1, -0.05) is 61.0 Å². The highest BCUT2D eigenvalue weighted by molar-refractivity contribution is 5.52. The van der Waals surface area contributed by atoms with Crippen LogP contribution in [0.15, 0.2) is 65.6 Å². The molecule has 0 radical (unpaired) electrons. The minimum Gasteiger partial charge on any atom is -0.365 e. The topological polar surface area (TPSA) is 67.9 Å². The van der Waals surface area contributed by atoms with E-state index in [9.17, 15) is 0 Å². The Balaban J connectivity index is 1.37. The van der Waals surface area contributed by atoms with Crippen LogP contribution >= 0.6 is 0 Å². The third-order valence-electron chi connectivity index (χ3n) is 6.23. The molecule has 4 aromatic rings. The van der Waals surface area contributed by atoms with Crippen molar-refractivity contribution in [3.63, 3.8) is 0 Å². The van der Waals surface area contributed by atoms with Crippen molar-refractivity contribution in [1.82, 2.24) is 20.1 Å². The molecule has 5 rings (SSSR count). The van der Waals surface area contributed by atoms with Gasteiger partial charge in [0.15, 0.2) is 6.33 Å². The van der Waals surface area contributed by atoms with E-state index in [2.05, 4.69) is 94.3 Å². The first-order valence-corrected chi connectivity index (χ1v) is 10.6. The number of aryl methyl sites for hydroxylation is 1. The van der Waals surface area contributed by atoms with Crippen LogP contribution in [-0.2, 0) is 18.4 Å². The molecule has 0 unspecified atom stereocenters. The normalized spacial score (nSPS) is 13.8. The highest BCUT2D eigenvalue weighted by Gasteiger charge is 2.24. The number of aromatic nitrogens is 4. The molecule has 0 amide bonds. The SMILES string of the molecule is Cc1ccc(C(C)(C)c2ccc(N3CCc4cnc(-c5ncno5)nc4C3)cc2)cc1. The lowest BCUT2D eigenvalue weighted by Crippen LogP contribution is -2.31. The van der Waals surface area contributed by atoms with E-state index in [0.717, 1.165) is 25.2 Å². The molecule has 6 heteroatoms. The molecule has 3 heterocycles. The summed E-state index contributed by atoms with van der Waals surface area (Å²) in [6.07, 6.45) is 4.16. The van der Waals surface area contributed by atoms with Crippen LogP contribution < -0.4 is 4.90 Å². The fourth-order valence-electron chi connectivity index (χ4n) is 4.12. The van der Waals surface area contributed by atoms with Gasteiger partial charge in [-0.15, -0.1) is 0 Å². The maximum atomic E-state index is 5.11. The lowest BCUT2D eigenvalue weighted by atomic mass is 9.78. The molecule has 0 saturated carbocycles. The van der Waals surface area contributed by atoms with Gasteiger partial charge in [-0.25, -0.2) is 9.97 Å². The summed E-state index contributed by atoms with van der Waals surface area (Å²) in [6.45, 7) is 8.36. The van der Waals surface area contributed by atoms with E-state index in [-0.39, 0.29) is 5.41 Å². The van der Waals surface area contributed by atoms with Crippen LogP contribution in [0.5, 0.6) is 0 Å². The van der Waals surface area contributed by atoms with Crippen LogP contribution in [0, 0.1) is 6.92 Å². The van der Waals surface area contributed by atoms with Crippen LogP contribution in [0.3, 0.4) is 0 Å². The van der Waals surface area contributed by atoms with Crippen molar-refractivity contribution >= 4 is 5.69 Å². The van der Waals surface area contributed by atoms with E-state index in [4.69, 9.17) is 4.52 Å². The Labute approximate surface area is 182 Å². The minimum atomic E-state index is -0.0487. The lowest BCUT2D eigenvalue weighted by Gasteiger charge is -2.31. The van der Waals surface area contributed by atoms with Crippen molar-refractivity contribution in [1.29, 1.82) is 0 Å². The molecule has 156 valence electrons. The van der Waals surface area contributed by atoms with E-state index in [1.807, 2.05) is 6.20 Å². The average Bonchev–Trinajstić information content (AvgIpc) is 3.34. The number of rotatable bonds is 4. The van der Waals surface area contributed by atoms with Gasteiger partial charge in [-0.3, -0.25) is 0 Å². The first-order valence-electron chi connectivity index (χ1n) is 10.6. The van der Waals surface area contributed by atoms with Gasteiger partial charge in [-0.05, 0) is 42.2 Å². The second-order valence-corrected chi connectivity index (χ2v) is 8.62. The Morgan fingerprint density at radius 2 is 1.65 bits per heavy atom. The smallest absolute Gasteiger partial charge is 0.295 e. The molecule has 0 bridgehead atoms. The van der Waals surface area contributed by atoms with Crippen LogP contribution in [0.2, 0.25) is 0 Å². The van der Waals surface area contributed by atoms with Gasteiger partial charge in [0.05, 0.1) is 12.2 Å². The zero-order valence-electron chi connectivity index (χ0n) is 18.0. The van der Waals surface area contributed by atoms with Gasteiger partial charge in [0.25, 0.3) is 5.89 Å². The van der Waals surface area contributed by atoms with E-state index < -0.39 is 0 Å². The summed E-state index contributed by atoms with van der Waals surface area (Å²) in [5.41, 5.74) is 7.25. The van der Waals surface area contributed by atoms with Gasteiger partial charge in [0, 0.05) is 23.8 Å². The minimum absolute atomic E-state index is 0.0487. The van der Waals surface area contributed by atoms with E-state index in [1.54, 1.807) is 0 Å². The standard InChI is InChI=1S/C25H25N5O/c1-17-4-6-19(7-5-17)25(2,3)20-8-10-21(11-9-20)30-13-12-18-14-26-23(29-22(18)15-30)24-27-16-28-31-24/h4-11,14,16H,12-13,15H2,1-3H3. The summed E-state index contributed by atoms with van der Waals surface area (Å²) < 4.78 is 5.11. The first-order chi connectivity index (χ1) is 15.0. The highest BCUT2D eigenvalue weighted by Crippen LogP contribution is 2.33.